The van der Waals surface area contributed by atoms with Crippen LogP contribution in [0.15, 0.2) is 22.7 Å². The van der Waals surface area contributed by atoms with Gasteiger partial charge in [0.05, 0.1) is 4.47 Å². The van der Waals surface area contributed by atoms with Crippen molar-refractivity contribution in [2.75, 3.05) is 6.61 Å². The minimum atomic E-state index is -0.0582. The van der Waals surface area contributed by atoms with Crippen molar-refractivity contribution in [2.45, 2.75) is 38.6 Å². The number of halogens is 2. The minimum absolute atomic E-state index is 0.0331. The summed E-state index contributed by atoms with van der Waals surface area (Å²) < 4.78 is 6.32. The molecule has 0 aromatic heterocycles. The van der Waals surface area contributed by atoms with Gasteiger partial charge in [-0.05, 0) is 78.1 Å². The quantitative estimate of drug-likeness (QED) is 0.813. The molecule has 2 aliphatic rings. The van der Waals surface area contributed by atoms with Gasteiger partial charge in [-0.3, -0.25) is 4.79 Å². The van der Waals surface area contributed by atoms with Crippen molar-refractivity contribution >= 4 is 33.4 Å². The molecule has 4 unspecified atom stereocenters. The number of carbonyl (C=O) groups is 1. The fraction of sp³-hybridized carbons (Fsp3) is 0.588. The van der Waals surface area contributed by atoms with E-state index in [9.17, 15) is 4.79 Å². The molecule has 1 aromatic rings. The number of amides is 1. The fourth-order valence-corrected chi connectivity index (χ4v) is 4.84. The highest BCUT2D eigenvalue weighted by Crippen LogP contribution is 2.49. The van der Waals surface area contributed by atoms with Crippen LogP contribution < -0.4 is 10.1 Å². The average Bonchev–Trinajstić information content (AvgIpc) is 3.09. The molecule has 22 heavy (non-hydrogen) atoms. The molecular weight excluding hydrogens is 366 g/mol. The van der Waals surface area contributed by atoms with Crippen LogP contribution in [0.25, 0.3) is 0 Å². The van der Waals surface area contributed by atoms with E-state index in [2.05, 4.69) is 28.2 Å². The van der Waals surface area contributed by atoms with Crippen molar-refractivity contribution in [1.82, 2.24) is 5.32 Å². The van der Waals surface area contributed by atoms with E-state index < -0.39 is 0 Å². The minimum Gasteiger partial charge on any atom is -0.483 e. The molecule has 1 amide bonds. The van der Waals surface area contributed by atoms with Crippen LogP contribution >= 0.6 is 27.5 Å². The van der Waals surface area contributed by atoms with Crippen LogP contribution in [0, 0.1) is 17.8 Å². The van der Waals surface area contributed by atoms with E-state index in [1.54, 1.807) is 18.2 Å². The molecular formula is C17H21BrClNO2. The highest BCUT2D eigenvalue weighted by atomic mass is 79.9. The average molecular weight is 387 g/mol. The largest absolute Gasteiger partial charge is 0.483 e. The number of fused-ring (bicyclic) bond motifs is 2. The van der Waals surface area contributed by atoms with Gasteiger partial charge in [-0.2, -0.15) is 0 Å². The Morgan fingerprint density at radius 2 is 2.27 bits per heavy atom. The number of rotatable bonds is 5. The molecule has 5 heteroatoms. The summed E-state index contributed by atoms with van der Waals surface area (Å²) in [6, 6.07) is 5.50. The van der Waals surface area contributed by atoms with Crippen molar-refractivity contribution in [3.63, 3.8) is 0 Å². The third-order valence-corrected chi connectivity index (χ3v) is 5.93. The molecule has 2 fully saturated rings. The second-order valence-electron chi connectivity index (χ2n) is 6.56. The summed E-state index contributed by atoms with van der Waals surface area (Å²) in [5, 5.41) is 3.74. The molecule has 1 N–H and O–H groups in total. The van der Waals surface area contributed by atoms with Gasteiger partial charge in [-0.1, -0.05) is 18.0 Å². The standard InChI is InChI=1S/C17H21BrClNO2/c1-10(14-7-11-2-3-12(14)6-11)20-17(21)9-22-16-5-4-13(19)8-15(16)18/h4-5,8,10-12,14H,2-3,6-7,9H2,1H3,(H,20,21). The zero-order valence-corrected chi connectivity index (χ0v) is 15.0. The van der Waals surface area contributed by atoms with Gasteiger partial charge in [0.15, 0.2) is 6.61 Å². The molecule has 0 radical (unpaired) electrons. The Morgan fingerprint density at radius 1 is 1.45 bits per heavy atom. The Balaban J connectivity index is 1.48. The van der Waals surface area contributed by atoms with Gasteiger partial charge in [-0.25, -0.2) is 0 Å². The first-order chi connectivity index (χ1) is 10.5. The number of hydrogen-bond acceptors (Lipinski definition) is 2. The summed E-state index contributed by atoms with van der Waals surface area (Å²) in [7, 11) is 0. The Labute approximate surface area is 144 Å². The van der Waals surface area contributed by atoms with Gasteiger partial charge in [-0.15, -0.1) is 0 Å². The summed E-state index contributed by atoms with van der Waals surface area (Å²) in [5.74, 6) is 2.93. The third kappa shape index (κ3) is 3.60. The summed E-state index contributed by atoms with van der Waals surface area (Å²) in [6.07, 6.45) is 5.36. The Kier molecular flexibility index (Phi) is 4.98. The third-order valence-electron chi connectivity index (χ3n) is 5.08. The molecule has 2 bridgehead atoms. The second kappa shape index (κ2) is 6.79. The predicted molar refractivity (Wildman–Crippen MR) is 91.2 cm³/mol. The normalized spacial score (nSPS) is 27.7. The SMILES string of the molecule is CC(NC(=O)COc1ccc(Cl)cc1Br)C1CC2CCC1C2. The number of hydrogen-bond donors (Lipinski definition) is 1. The van der Waals surface area contributed by atoms with Gasteiger partial charge in [0.1, 0.15) is 5.75 Å². The monoisotopic (exact) mass is 385 g/mol. The van der Waals surface area contributed by atoms with E-state index in [4.69, 9.17) is 16.3 Å². The fourth-order valence-electron chi connectivity index (χ4n) is 4.04. The van der Waals surface area contributed by atoms with Gasteiger partial charge < -0.3 is 10.1 Å². The van der Waals surface area contributed by atoms with Crippen LogP contribution in [0.1, 0.15) is 32.6 Å². The predicted octanol–water partition coefficient (Wildman–Crippen LogP) is 4.42. The second-order valence-corrected chi connectivity index (χ2v) is 7.85. The molecule has 2 saturated carbocycles. The number of benzene rings is 1. The van der Waals surface area contributed by atoms with Gasteiger partial charge in [0.25, 0.3) is 5.91 Å². The first kappa shape index (κ1) is 16.1. The summed E-state index contributed by atoms with van der Waals surface area (Å²) in [6.45, 7) is 2.16. The molecule has 0 heterocycles. The summed E-state index contributed by atoms with van der Waals surface area (Å²) in [5.41, 5.74) is 0. The van der Waals surface area contributed by atoms with E-state index in [1.807, 2.05) is 0 Å². The summed E-state index contributed by atoms with van der Waals surface area (Å²) in [4.78, 5) is 12.1. The lowest BCUT2D eigenvalue weighted by atomic mass is 9.84. The van der Waals surface area contributed by atoms with Crippen LogP contribution in [0.3, 0.4) is 0 Å². The Bertz CT molecular complexity index is 566. The van der Waals surface area contributed by atoms with E-state index >= 15 is 0 Å². The zero-order valence-electron chi connectivity index (χ0n) is 12.6. The van der Waals surface area contributed by atoms with Crippen molar-refractivity contribution in [3.8, 4) is 5.75 Å². The highest BCUT2D eigenvalue weighted by Gasteiger charge is 2.42. The molecule has 2 aliphatic carbocycles. The molecule has 0 aliphatic heterocycles. The van der Waals surface area contributed by atoms with Crippen molar-refractivity contribution in [2.24, 2.45) is 17.8 Å². The molecule has 4 atom stereocenters. The highest BCUT2D eigenvalue weighted by molar-refractivity contribution is 9.10. The van der Waals surface area contributed by atoms with Crippen LogP contribution in [0.2, 0.25) is 5.02 Å². The van der Waals surface area contributed by atoms with Crippen LogP contribution in [0.4, 0.5) is 0 Å². The maximum atomic E-state index is 12.1. The van der Waals surface area contributed by atoms with Crippen molar-refractivity contribution < 1.29 is 9.53 Å². The lowest BCUT2D eigenvalue weighted by Gasteiger charge is -2.28. The zero-order chi connectivity index (χ0) is 15.7. The van der Waals surface area contributed by atoms with Crippen LogP contribution in [-0.4, -0.2) is 18.6 Å². The number of nitrogens with one attached hydrogen (secondary N) is 1. The van der Waals surface area contributed by atoms with Gasteiger partial charge in [0.2, 0.25) is 0 Å². The van der Waals surface area contributed by atoms with Crippen LogP contribution in [0.5, 0.6) is 5.75 Å². The molecule has 120 valence electrons. The molecule has 3 rings (SSSR count). The van der Waals surface area contributed by atoms with E-state index in [-0.39, 0.29) is 18.6 Å². The van der Waals surface area contributed by atoms with Gasteiger partial charge >= 0.3 is 0 Å². The topological polar surface area (TPSA) is 38.3 Å². The van der Waals surface area contributed by atoms with Crippen LogP contribution in [-0.2, 0) is 4.79 Å². The molecule has 1 aromatic carbocycles. The molecule has 3 nitrogen and oxygen atoms in total. The Morgan fingerprint density at radius 3 is 2.91 bits per heavy atom. The lowest BCUT2D eigenvalue weighted by Crippen LogP contribution is -2.42. The number of ether oxygens (including phenoxy) is 1. The first-order valence-corrected chi connectivity index (χ1v) is 9.07. The van der Waals surface area contributed by atoms with E-state index in [1.165, 1.54) is 25.7 Å². The smallest absolute Gasteiger partial charge is 0.258 e. The summed E-state index contributed by atoms with van der Waals surface area (Å²) >= 11 is 9.27. The molecule has 0 saturated heterocycles. The molecule has 0 spiro atoms. The van der Waals surface area contributed by atoms with Crippen molar-refractivity contribution in [1.29, 1.82) is 0 Å². The lowest BCUT2D eigenvalue weighted by molar-refractivity contribution is -0.124. The maximum absolute atomic E-state index is 12.1. The maximum Gasteiger partial charge on any atom is 0.258 e. The van der Waals surface area contributed by atoms with Crippen molar-refractivity contribution in [3.05, 3.63) is 27.7 Å². The van der Waals surface area contributed by atoms with E-state index in [0.717, 1.165) is 16.3 Å². The Hall–Kier alpha value is -0.740. The van der Waals surface area contributed by atoms with E-state index in [0.29, 0.717) is 16.7 Å². The van der Waals surface area contributed by atoms with Gasteiger partial charge in [0, 0.05) is 11.1 Å². The number of carbonyl (C=O) groups excluding carboxylic acids is 1. The first-order valence-electron chi connectivity index (χ1n) is 7.90.